The minimum atomic E-state index is -0.0311. The first-order valence-electron chi connectivity index (χ1n) is 8.03. The second kappa shape index (κ2) is 8.62. The Hall–Kier alpha value is -1.95. The van der Waals surface area contributed by atoms with E-state index in [4.69, 9.17) is 14.2 Å². The molecular weight excluding hydrogens is 296 g/mol. The maximum atomic E-state index is 12.1. The van der Waals surface area contributed by atoms with Crippen molar-refractivity contribution in [1.82, 2.24) is 10.2 Å². The number of amides is 2. The first-order chi connectivity index (χ1) is 11.1. The van der Waals surface area contributed by atoms with Crippen LogP contribution >= 0.6 is 0 Å². The molecular formula is C17H26N2O4. The Kier molecular flexibility index (Phi) is 6.52. The van der Waals surface area contributed by atoms with Gasteiger partial charge >= 0.3 is 6.03 Å². The van der Waals surface area contributed by atoms with Crippen LogP contribution < -0.4 is 14.8 Å². The third-order valence-corrected chi connectivity index (χ3v) is 3.63. The number of hydrogen-bond donors (Lipinski definition) is 1. The highest BCUT2D eigenvalue weighted by Crippen LogP contribution is 2.17. The van der Waals surface area contributed by atoms with Crippen LogP contribution in [-0.2, 0) is 4.74 Å². The fourth-order valence-electron chi connectivity index (χ4n) is 2.58. The van der Waals surface area contributed by atoms with Crippen LogP contribution in [0.1, 0.15) is 20.3 Å². The summed E-state index contributed by atoms with van der Waals surface area (Å²) >= 11 is 0. The molecule has 0 radical (unpaired) electrons. The lowest BCUT2D eigenvalue weighted by atomic mass is 10.2. The van der Waals surface area contributed by atoms with Crippen molar-refractivity contribution in [3.63, 3.8) is 0 Å². The maximum Gasteiger partial charge on any atom is 0.317 e. The Morgan fingerprint density at radius 3 is 2.43 bits per heavy atom. The van der Waals surface area contributed by atoms with Crippen LogP contribution in [0.25, 0.3) is 0 Å². The summed E-state index contributed by atoms with van der Waals surface area (Å²) in [5.74, 6) is 1.60. The molecule has 1 aromatic rings. The lowest BCUT2D eigenvalue weighted by Crippen LogP contribution is -2.51. The number of hydrogen-bond acceptors (Lipinski definition) is 4. The summed E-state index contributed by atoms with van der Waals surface area (Å²) in [4.78, 5) is 13.9. The van der Waals surface area contributed by atoms with Crippen LogP contribution in [0.4, 0.5) is 4.79 Å². The molecule has 2 atom stereocenters. The Morgan fingerprint density at radius 2 is 1.83 bits per heavy atom. The molecule has 0 aromatic heterocycles. The van der Waals surface area contributed by atoms with E-state index in [9.17, 15) is 4.79 Å². The summed E-state index contributed by atoms with van der Waals surface area (Å²) in [6, 6.07) is 7.42. The van der Waals surface area contributed by atoms with Gasteiger partial charge in [0.2, 0.25) is 0 Å². The van der Waals surface area contributed by atoms with E-state index >= 15 is 0 Å². The molecule has 1 fully saturated rings. The molecule has 2 rings (SSSR count). The van der Waals surface area contributed by atoms with E-state index in [2.05, 4.69) is 5.32 Å². The van der Waals surface area contributed by atoms with Gasteiger partial charge in [0.25, 0.3) is 0 Å². The van der Waals surface area contributed by atoms with Gasteiger partial charge in [-0.05, 0) is 44.5 Å². The van der Waals surface area contributed by atoms with Gasteiger partial charge in [0.05, 0.1) is 25.9 Å². The summed E-state index contributed by atoms with van der Waals surface area (Å²) < 4.78 is 16.3. The standard InChI is InChI=1S/C17H26N2O4/c1-13-11-19(12-14(2)23-13)17(20)18-9-4-10-22-16-7-5-15(21-3)6-8-16/h5-8,13-14H,4,9-12H2,1-3H3,(H,18,20). The molecule has 128 valence electrons. The number of carbonyl (C=O) groups is 1. The number of methoxy groups -OCH3 is 1. The number of benzene rings is 1. The monoisotopic (exact) mass is 322 g/mol. The molecule has 2 amide bonds. The lowest BCUT2D eigenvalue weighted by molar-refractivity contribution is -0.0545. The minimum absolute atomic E-state index is 0.0311. The minimum Gasteiger partial charge on any atom is -0.497 e. The van der Waals surface area contributed by atoms with Crippen molar-refractivity contribution < 1.29 is 19.0 Å². The molecule has 2 unspecified atom stereocenters. The topological polar surface area (TPSA) is 60.0 Å². The molecule has 1 N–H and O–H groups in total. The van der Waals surface area contributed by atoms with Gasteiger partial charge < -0.3 is 24.4 Å². The number of urea groups is 1. The number of nitrogens with one attached hydrogen (secondary N) is 1. The predicted octanol–water partition coefficient (Wildman–Crippen LogP) is 2.28. The third-order valence-electron chi connectivity index (χ3n) is 3.63. The molecule has 0 spiro atoms. The number of carbonyl (C=O) groups excluding carboxylic acids is 1. The van der Waals surface area contributed by atoms with Gasteiger partial charge in [-0.15, -0.1) is 0 Å². The van der Waals surface area contributed by atoms with Crippen LogP contribution in [0.2, 0.25) is 0 Å². The van der Waals surface area contributed by atoms with Gasteiger partial charge in [-0.25, -0.2) is 4.79 Å². The van der Waals surface area contributed by atoms with E-state index in [-0.39, 0.29) is 18.2 Å². The number of morpholine rings is 1. The van der Waals surface area contributed by atoms with Crippen molar-refractivity contribution >= 4 is 6.03 Å². The Bertz CT molecular complexity index is 482. The predicted molar refractivity (Wildman–Crippen MR) is 88.1 cm³/mol. The summed E-state index contributed by atoms with van der Waals surface area (Å²) in [5, 5.41) is 2.93. The van der Waals surface area contributed by atoms with Crippen molar-refractivity contribution in [3.05, 3.63) is 24.3 Å². The molecule has 0 saturated carbocycles. The second-order valence-electron chi connectivity index (χ2n) is 5.77. The molecule has 1 aliphatic rings. The average molecular weight is 322 g/mol. The normalized spacial score (nSPS) is 20.9. The molecule has 23 heavy (non-hydrogen) atoms. The average Bonchev–Trinajstić information content (AvgIpc) is 2.54. The first-order valence-corrected chi connectivity index (χ1v) is 8.03. The molecule has 1 heterocycles. The molecule has 1 aliphatic heterocycles. The third kappa shape index (κ3) is 5.63. The van der Waals surface area contributed by atoms with Gasteiger partial charge in [-0.1, -0.05) is 0 Å². The summed E-state index contributed by atoms with van der Waals surface area (Å²) in [5.41, 5.74) is 0. The molecule has 1 aromatic carbocycles. The van der Waals surface area contributed by atoms with E-state index in [0.29, 0.717) is 26.2 Å². The van der Waals surface area contributed by atoms with Gasteiger partial charge in [0.1, 0.15) is 11.5 Å². The van der Waals surface area contributed by atoms with Gasteiger partial charge in [-0.3, -0.25) is 0 Å². The zero-order valence-corrected chi connectivity index (χ0v) is 14.1. The molecule has 6 nitrogen and oxygen atoms in total. The molecule has 6 heteroatoms. The quantitative estimate of drug-likeness (QED) is 0.816. The van der Waals surface area contributed by atoms with Crippen LogP contribution in [-0.4, -0.2) is 56.5 Å². The zero-order valence-electron chi connectivity index (χ0n) is 14.1. The summed E-state index contributed by atoms with van der Waals surface area (Å²) in [7, 11) is 1.63. The van der Waals surface area contributed by atoms with Gasteiger partial charge in [0, 0.05) is 19.6 Å². The van der Waals surface area contributed by atoms with Crippen molar-refractivity contribution in [2.75, 3.05) is 33.4 Å². The zero-order chi connectivity index (χ0) is 16.7. The van der Waals surface area contributed by atoms with Crippen LogP contribution in [0.15, 0.2) is 24.3 Å². The van der Waals surface area contributed by atoms with E-state index in [0.717, 1.165) is 17.9 Å². The van der Waals surface area contributed by atoms with E-state index in [1.54, 1.807) is 7.11 Å². The second-order valence-corrected chi connectivity index (χ2v) is 5.77. The number of rotatable bonds is 6. The maximum absolute atomic E-state index is 12.1. The highest BCUT2D eigenvalue weighted by molar-refractivity contribution is 5.74. The SMILES string of the molecule is COc1ccc(OCCCNC(=O)N2CC(C)OC(C)C2)cc1. The lowest BCUT2D eigenvalue weighted by Gasteiger charge is -2.35. The first kappa shape index (κ1) is 17.4. The van der Waals surface area contributed by atoms with Crippen molar-refractivity contribution in [1.29, 1.82) is 0 Å². The molecule has 0 aliphatic carbocycles. The van der Waals surface area contributed by atoms with Gasteiger partial charge in [-0.2, -0.15) is 0 Å². The Balaban J connectivity index is 1.62. The molecule has 0 bridgehead atoms. The highest BCUT2D eigenvalue weighted by Gasteiger charge is 2.25. The fraction of sp³-hybridized carbons (Fsp3) is 0.588. The largest absolute Gasteiger partial charge is 0.497 e. The van der Waals surface area contributed by atoms with Crippen LogP contribution in [0, 0.1) is 0 Å². The summed E-state index contributed by atoms with van der Waals surface area (Å²) in [6.45, 7) is 6.39. The van der Waals surface area contributed by atoms with Crippen LogP contribution in [0.3, 0.4) is 0 Å². The highest BCUT2D eigenvalue weighted by atomic mass is 16.5. The smallest absolute Gasteiger partial charge is 0.317 e. The van der Waals surface area contributed by atoms with E-state index in [1.807, 2.05) is 43.0 Å². The summed E-state index contributed by atoms with van der Waals surface area (Å²) in [6.07, 6.45) is 0.929. The van der Waals surface area contributed by atoms with E-state index < -0.39 is 0 Å². The molecule has 1 saturated heterocycles. The Morgan fingerprint density at radius 1 is 1.22 bits per heavy atom. The van der Waals surface area contributed by atoms with Crippen molar-refractivity contribution in [3.8, 4) is 11.5 Å². The Labute approximate surface area is 137 Å². The van der Waals surface area contributed by atoms with Crippen molar-refractivity contribution in [2.24, 2.45) is 0 Å². The number of ether oxygens (including phenoxy) is 3. The van der Waals surface area contributed by atoms with Crippen molar-refractivity contribution in [2.45, 2.75) is 32.5 Å². The fourth-order valence-corrected chi connectivity index (χ4v) is 2.58. The number of nitrogens with zero attached hydrogens (tertiary/aromatic N) is 1. The van der Waals surface area contributed by atoms with E-state index in [1.165, 1.54) is 0 Å². The van der Waals surface area contributed by atoms with Crippen LogP contribution in [0.5, 0.6) is 11.5 Å². The van der Waals surface area contributed by atoms with Gasteiger partial charge in [0.15, 0.2) is 0 Å².